The van der Waals surface area contributed by atoms with Gasteiger partial charge in [0.15, 0.2) is 0 Å². The zero-order chi connectivity index (χ0) is 11.0. The first-order chi connectivity index (χ1) is 7.86. The number of rotatable bonds is 1. The number of hydrogen-bond donors (Lipinski definition) is 1. The van der Waals surface area contributed by atoms with E-state index in [9.17, 15) is 0 Å². The molecule has 2 aromatic heterocycles. The predicted octanol–water partition coefficient (Wildman–Crippen LogP) is 2.14. The van der Waals surface area contributed by atoms with Crippen molar-refractivity contribution in [1.82, 2.24) is 9.97 Å². The number of pyridine rings is 2. The normalized spacial score (nSPS) is 18.4. The van der Waals surface area contributed by atoms with Gasteiger partial charge in [0.2, 0.25) is 0 Å². The van der Waals surface area contributed by atoms with Gasteiger partial charge in [0, 0.05) is 18.3 Å². The van der Waals surface area contributed by atoms with Crippen LogP contribution in [-0.2, 0) is 6.42 Å². The molecule has 80 valence electrons. The topological polar surface area (TPSA) is 51.8 Å². The van der Waals surface area contributed by atoms with Crippen molar-refractivity contribution in [3.8, 4) is 0 Å². The molecule has 0 fully saturated rings. The third-order valence-corrected chi connectivity index (χ3v) is 3.16. The van der Waals surface area contributed by atoms with Crippen LogP contribution >= 0.6 is 0 Å². The molecule has 2 aromatic rings. The third kappa shape index (κ3) is 1.36. The highest BCUT2D eigenvalue weighted by Crippen LogP contribution is 2.37. The predicted molar refractivity (Wildman–Crippen MR) is 63.1 cm³/mol. The molecule has 0 bridgehead atoms. The first-order valence-electron chi connectivity index (χ1n) is 5.50. The van der Waals surface area contributed by atoms with Gasteiger partial charge in [-0.25, -0.2) is 0 Å². The summed E-state index contributed by atoms with van der Waals surface area (Å²) in [5, 5.41) is 0. The summed E-state index contributed by atoms with van der Waals surface area (Å²) in [6.07, 6.45) is 5.78. The second kappa shape index (κ2) is 3.59. The highest BCUT2D eigenvalue weighted by Gasteiger charge is 2.27. The van der Waals surface area contributed by atoms with E-state index >= 15 is 0 Å². The van der Waals surface area contributed by atoms with Crippen LogP contribution < -0.4 is 5.73 Å². The molecule has 3 nitrogen and oxygen atoms in total. The molecule has 1 aliphatic carbocycles. The van der Waals surface area contributed by atoms with Crippen LogP contribution in [0.3, 0.4) is 0 Å². The summed E-state index contributed by atoms with van der Waals surface area (Å²) < 4.78 is 0. The maximum Gasteiger partial charge on any atom is 0.0723 e. The lowest BCUT2D eigenvalue weighted by atomic mass is 10.0. The molecule has 3 rings (SSSR count). The molecule has 0 saturated carbocycles. The van der Waals surface area contributed by atoms with Crippen molar-refractivity contribution in [1.29, 1.82) is 0 Å². The Bertz CT molecular complexity index is 522. The van der Waals surface area contributed by atoms with E-state index in [0.29, 0.717) is 0 Å². The molecule has 1 atom stereocenters. The lowest BCUT2D eigenvalue weighted by Crippen LogP contribution is -2.05. The van der Waals surface area contributed by atoms with Gasteiger partial charge >= 0.3 is 0 Å². The monoisotopic (exact) mass is 211 g/mol. The van der Waals surface area contributed by atoms with E-state index in [0.717, 1.165) is 29.9 Å². The maximum atomic E-state index is 5.97. The molecule has 0 aliphatic heterocycles. The molecule has 0 spiro atoms. The fourth-order valence-electron chi connectivity index (χ4n) is 2.40. The van der Waals surface area contributed by atoms with Crippen LogP contribution in [0.1, 0.15) is 29.3 Å². The van der Waals surface area contributed by atoms with Crippen LogP contribution in [-0.4, -0.2) is 9.97 Å². The fourth-order valence-corrected chi connectivity index (χ4v) is 2.40. The second-order valence-corrected chi connectivity index (χ2v) is 4.12. The van der Waals surface area contributed by atoms with E-state index in [2.05, 4.69) is 16.0 Å². The SMILES string of the molecule is Nc1cccnc1C1CCc2cccnc21. The van der Waals surface area contributed by atoms with Gasteiger partial charge in [0.05, 0.1) is 17.1 Å². The Balaban J connectivity index is 2.08. The Kier molecular flexibility index (Phi) is 2.10. The maximum absolute atomic E-state index is 5.97. The van der Waals surface area contributed by atoms with Gasteiger partial charge in [-0.1, -0.05) is 6.07 Å². The van der Waals surface area contributed by atoms with Crippen molar-refractivity contribution in [3.05, 3.63) is 53.6 Å². The lowest BCUT2D eigenvalue weighted by molar-refractivity contribution is 0.749. The average molecular weight is 211 g/mol. The van der Waals surface area contributed by atoms with Gasteiger partial charge in [-0.15, -0.1) is 0 Å². The minimum absolute atomic E-state index is 0.275. The van der Waals surface area contributed by atoms with Gasteiger partial charge in [-0.2, -0.15) is 0 Å². The summed E-state index contributed by atoms with van der Waals surface area (Å²) in [7, 11) is 0. The smallest absolute Gasteiger partial charge is 0.0723 e. The molecule has 0 amide bonds. The number of aryl methyl sites for hydroxylation is 1. The van der Waals surface area contributed by atoms with Gasteiger partial charge < -0.3 is 5.73 Å². The zero-order valence-corrected chi connectivity index (χ0v) is 8.93. The van der Waals surface area contributed by atoms with E-state index in [4.69, 9.17) is 5.73 Å². The molecule has 2 heterocycles. The van der Waals surface area contributed by atoms with E-state index < -0.39 is 0 Å². The Hall–Kier alpha value is -1.90. The summed E-state index contributed by atoms with van der Waals surface area (Å²) in [4.78, 5) is 8.86. The van der Waals surface area contributed by atoms with Crippen molar-refractivity contribution < 1.29 is 0 Å². The zero-order valence-electron chi connectivity index (χ0n) is 8.93. The number of anilines is 1. The largest absolute Gasteiger partial charge is 0.397 e. The summed E-state index contributed by atoms with van der Waals surface area (Å²) in [5.41, 5.74) is 10.2. The Morgan fingerprint density at radius 3 is 2.62 bits per heavy atom. The highest BCUT2D eigenvalue weighted by atomic mass is 14.8. The summed E-state index contributed by atoms with van der Waals surface area (Å²) in [6.45, 7) is 0. The van der Waals surface area contributed by atoms with Crippen molar-refractivity contribution in [2.24, 2.45) is 0 Å². The summed E-state index contributed by atoms with van der Waals surface area (Å²) in [5.74, 6) is 0.275. The molecule has 0 radical (unpaired) electrons. The minimum Gasteiger partial charge on any atom is -0.397 e. The Morgan fingerprint density at radius 1 is 1.06 bits per heavy atom. The third-order valence-electron chi connectivity index (χ3n) is 3.16. The number of hydrogen-bond acceptors (Lipinski definition) is 3. The molecule has 0 aromatic carbocycles. The van der Waals surface area contributed by atoms with Crippen LogP contribution in [0.5, 0.6) is 0 Å². The minimum atomic E-state index is 0.275. The van der Waals surface area contributed by atoms with Gasteiger partial charge in [-0.05, 0) is 36.6 Å². The second-order valence-electron chi connectivity index (χ2n) is 4.12. The van der Waals surface area contributed by atoms with Crippen molar-refractivity contribution in [2.45, 2.75) is 18.8 Å². The van der Waals surface area contributed by atoms with E-state index in [1.807, 2.05) is 24.4 Å². The van der Waals surface area contributed by atoms with E-state index in [1.54, 1.807) is 6.20 Å². The summed E-state index contributed by atoms with van der Waals surface area (Å²) in [6, 6.07) is 7.90. The quantitative estimate of drug-likeness (QED) is 0.786. The number of fused-ring (bicyclic) bond motifs is 1. The number of nitrogens with two attached hydrogens (primary N) is 1. The number of nitrogen functional groups attached to an aromatic ring is 1. The molecule has 2 N–H and O–H groups in total. The molecule has 1 unspecified atom stereocenters. The first kappa shape index (κ1) is 9.33. The highest BCUT2D eigenvalue weighted by molar-refractivity contribution is 5.49. The van der Waals surface area contributed by atoms with E-state index in [1.165, 1.54) is 5.56 Å². The van der Waals surface area contributed by atoms with Crippen molar-refractivity contribution in [2.75, 3.05) is 5.73 Å². The summed E-state index contributed by atoms with van der Waals surface area (Å²) >= 11 is 0. The Labute approximate surface area is 94.4 Å². The van der Waals surface area contributed by atoms with Crippen molar-refractivity contribution in [3.63, 3.8) is 0 Å². The Morgan fingerprint density at radius 2 is 1.81 bits per heavy atom. The first-order valence-corrected chi connectivity index (χ1v) is 5.50. The molecular formula is C13H13N3. The number of nitrogens with zero attached hydrogens (tertiary/aromatic N) is 2. The van der Waals surface area contributed by atoms with Gasteiger partial charge in [-0.3, -0.25) is 9.97 Å². The molecule has 1 aliphatic rings. The van der Waals surface area contributed by atoms with Crippen molar-refractivity contribution >= 4 is 5.69 Å². The van der Waals surface area contributed by atoms with Crippen LogP contribution in [0.15, 0.2) is 36.7 Å². The molecule has 16 heavy (non-hydrogen) atoms. The number of aromatic nitrogens is 2. The van der Waals surface area contributed by atoms with Gasteiger partial charge in [0.1, 0.15) is 0 Å². The van der Waals surface area contributed by atoms with Crippen LogP contribution in [0, 0.1) is 0 Å². The standard InChI is InChI=1S/C13H13N3/c14-11-4-2-8-16-13(11)10-6-5-9-3-1-7-15-12(9)10/h1-4,7-8,10H,5-6,14H2. The van der Waals surface area contributed by atoms with Crippen LogP contribution in [0.4, 0.5) is 5.69 Å². The van der Waals surface area contributed by atoms with Gasteiger partial charge in [0.25, 0.3) is 0 Å². The average Bonchev–Trinajstić information content (AvgIpc) is 2.74. The molecule has 3 heteroatoms. The van der Waals surface area contributed by atoms with Crippen LogP contribution in [0.25, 0.3) is 0 Å². The molecule has 0 saturated heterocycles. The lowest BCUT2D eigenvalue weighted by Gasteiger charge is -2.11. The molecular weight excluding hydrogens is 198 g/mol. The fraction of sp³-hybridized carbons (Fsp3) is 0.231. The van der Waals surface area contributed by atoms with E-state index in [-0.39, 0.29) is 5.92 Å². The van der Waals surface area contributed by atoms with Crippen LogP contribution in [0.2, 0.25) is 0 Å².